The van der Waals surface area contributed by atoms with Crippen LogP contribution in [0.5, 0.6) is 0 Å². The Hall–Kier alpha value is -3.72. The zero-order chi connectivity index (χ0) is 19.5. The molecular formula is C19H12N4O4S. The zero-order valence-electron chi connectivity index (χ0n) is 14.3. The fourth-order valence-corrected chi connectivity index (χ4v) is 3.23. The highest BCUT2D eigenvalue weighted by molar-refractivity contribution is 7.13. The molecule has 138 valence electrons. The summed E-state index contributed by atoms with van der Waals surface area (Å²) >= 11 is 1.26. The summed E-state index contributed by atoms with van der Waals surface area (Å²) in [5.41, 5.74) is 1.73. The minimum atomic E-state index is -0.460. The lowest BCUT2D eigenvalue weighted by atomic mass is 10.1. The second-order valence-electron chi connectivity index (χ2n) is 5.82. The number of nitro benzene ring substituents is 1. The SMILES string of the molecule is O=c1oc2ccccc2cc1-c1csc(N=NCc2ccc([N+](=O)[O-])cc2)n1. The van der Waals surface area contributed by atoms with Gasteiger partial charge in [0.25, 0.3) is 5.69 Å². The fourth-order valence-electron chi connectivity index (χ4n) is 2.57. The lowest BCUT2D eigenvalue weighted by Gasteiger charge is -1.98. The topological polar surface area (TPSA) is 111 Å². The number of hydrogen-bond donors (Lipinski definition) is 0. The van der Waals surface area contributed by atoms with Gasteiger partial charge in [0.1, 0.15) is 5.58 Å². The van der Waals surface area contributed by atoms with Gasteiger partial charge >= 0.3 is 5.63 Å². The van der Waals surface area contributed by atoms with E-state index in [1.807, 2.05) is 12.1 Å². The molecule has 0 aliphatic carbocycles. The summed E-state index contributed by atoms with van der Waals surface area (Å²) in [6, 6.07) is 15.1. The van der Waals surface area contributed by atoms with Crippen LogP contribution in [0.15, 0.2) is 79.4 Å². The Balaban J connectivity index is 1.51. The van der Waals surface area contributed by atoms with Crippen LogP contribution in [-0.4, -0.2) is 9.91 Å². The van der Waals surface area contributed by atoms with Gasteiger partial charge in [-0.3, -0.25) is 10.1 Å². The van der Waals surface area contributed by atoms with E-state index in [0.717, 1.165) is 10.9 Å². The highest BCUT2D eigenvalue weighted by Gasteiger charge is 2.11. The molecule has 0 saturated heterocycles. The first-order valence-corrected chi connectivity index (χ1v) is 9.08. The van der Waals surface area contributed by atoms with Crippen LogP contribution >= 0.6 is 11.3 Å². The largest absolute Gasteiger partial charge is 0.422 e. The molecule has 8 nitrogen and oxygen atoms in total. The number of rotatable bonds is 5. The van der Waals surface area contributed by atoms with E-state index in [2.05, 4.69) is 15.2 Å². The van der Waals surface area contributed by atoms with Crippen molar-refractivity contribution in [3.05, 3.63) is 86.1 Å². The van der Waals surface area contributed by atoms with Crippen LogP contribution in [-0.2, 0) is 6.54 Å². The number of hydrogen-bond acceptors (Lipinski definition) is 8. The van der Waals surface area contributed by atoms with Gasteiger partial charge in [-0.2, -0.15) is 5.11 Å². The Kier molecular flexibility index (Phi) is 4.73. The maximum Gasteiger partial charge on any atom is 0.345 e. The first-order chi connectivity index (χ1) is 13.6. The lowest BCUT2D eigenvalue weighted by molar-refractivity contribution is -0.384. The van der Waals surface area contributed by atoms with Crippen LogP contribution in [0.25, 0.3) is 22.2 Å². The van der Waals surface area contributed by atoms with Crippen molar-refractivity contribution < 1.29 is 9.34 Å². The van der Waals surface area contributed by atoms with E-state index in [-0.39, 0.29) is 12.2 Å². The summed E-state index contributed by atoms with van der Waals surface area (Å²) in [4.78, 5) is 26.7. The number of thiazole rings is 1. The number of nitrogens with zero attached hydrogens (tertiary/aromatic N) is 4. The standard InChI is InChI=1S/C19H12N4O4S/c24-18-15(9-13-3-1-2-4-17(13)27-18)16-11-28-19(21-16)22-20-10-12-5-7-14(8-6-12)23(25)26/h1-9,11H,10H2. The molecule has 0 aliphatic rings. The molecule has 9 heteroatoms. The Morgan fingerprint density at radius 3 is 2.71 bits per heavy atom. The highest BCUT2D eigenvalue weighted by Crippen LogP contribution is 2.27. The quantitative estimate of drug-likeness (QED) is 0.203. The molecule has 0 unspecified atom stereocenters. The smallest absolute Gasteiger partial charge is 0.345 e. The summed E-state index contributed by atoms with van der Waals surface area (Å²) in [7, 11) is 0. The van der Waals surface area contributed by atoms with Crippen molar-refractivity contribution in [2.45, 2.75) is 6.54 Å². The van der Waals surface area contributed by atoms with Gasteiger partial charge in [0, 0.05) is 22.9 Å². The molecule has 0 spiro atoms. The molecule has 2 heterocycles. The summed E-state index contributed by atoms with van der Waals surface area (Å²) in [5, 5.41) is 21.7. The molecule has 0 radical (unpaired) electrons. The third kappa shape index (κ3) is 3.69. The summed E-state index contributed by atoms with van der Waals surface area (Å²) in [6.07, 6.45) is 0. The maximum atomic E-state index is 12.2. The van der Waals surface area contributed by atoms with E-state index in [9.17, 15) is 14.9 Å². The van der Waals surface area contributed by atoms with Crippen LogP contribution in [0.2, 0.25) is 0 Å². The van der Waals surface area contributed by atoms with Gasteiger partial charge in [-0.15, -0.1) is 16.5 Å². The van der Waals surface area contributed by atoms with Gasteiger partial charge in [0.05, 0.1) is 22.7 Å². The van der Waals surface area contributed by atoms with Gasteiger partial charge in [0.2, 0.25) is 5.13 Å². The average Bonchev–Trinajstić information content (AvgIpc) is 3.16. The predicted octanol–water partition coefficient (Wildman–Crippen LogP) is 5.11. The van der Waals surface area contributed by atoms with Crippen molar-refractivity contribution in [2.24, 2.45) is 10.2 Å². The molecule has 2 aromatic carbocycles. The van der Waals surface area contributed by atoms with Gasteiger partial charge < -0.3 is 4.42 Å². The van der Waals surface area contributed by atoms with Crippen LogP contribution < -0.4 is 5.63 Å². The van der Waals surface area contributed by atoms with Crippen molar-refractivity contribution in [3.8, 4) is 11.3 Å². The van der Waals surface area contributed by atoms with Crippen LogP contribution in [0.4, 0.5) is 10.8 Å². The average molecular weight is 392 g/mol. The predicted molar refractivity (Wildman–Crippen MR) is 105 cm³/mol. The second kappa shape index (κ2) is 7.49. The zero-order valence-corrected chi connectivity index (χ0v) is 15.1. The van der Waals surface area contributed by atoms with Gasteiger partial charge in [-0.25, -0.2) is 9.78 Å². The molecule has 0 bridgehead atoms. The number of non-ortho nitro benzene ring substituents is 1. The molecule has 0 saturated carbocycles. The number of para-hydroxylation sites is 1. The fraction of sp³-hybridized carbons (Fsp3) is 0.0526. The third-order valence-electron chi connectivity index (χ3n) is 3.97. The van der Waals surface area contributed by atoms with Crippen molar-refractivity contribution in [3.63, 3.8) is 0 Å². The monoisotopic (exact) mass is 392 g/mol. The summed E-state index contributed by atoms with van der Waals surface area (Å²) < 4.78 is 5.33. The number of nitro groups is 1. The van der Waals surface area contributed by atoms with E-state index in [1.165, 1.54) is 23.5 Å². The molecule has 2 aromatic heterocycles. The highest BCUT2D eigenvalue weighted by atomic mass is 32.1. The van der Waals surface area contributed by atoms with E-state index in [1.54, 1.807) is 35.7 Å². The van der Waals surface area contributed by atoms with E-state index in [4.69, 9.17) is 4.42 Å². The minimum absolute atomic E-state index is 0.0273. The molecule has 0 N–H and O–H groups in total. The van der Waals surface area contributed by atoms with Crippen molar-refractivity contribution in [1.82, 2.24) is 4.98 Å². The number of aromatic nitrogens is 1. The molecule has 0 fully saturated rings. The molecule has 0 atom stereocenters. The van der Waals surface area contributed by atoms with Crippen molar-refractivity contribution in [1.29, 1.82) is 0 Å². The molecule has 4 rings (SSSR count). The molecule has 4 aromatic rings. The van der Waals surface area contributed by atoms with Gasteiger partial charge in [0.15, 0.2) is 0 Å². The second-order valence-corrected chi connectivity index (χ2v) is 6.66. The Labute approximate surface area is 162 Å². The molecule has 28 heavy (non-hydrogen) atoms. The van der Waals surface area contributed by atoms with E-state index < -0.39 is 10.5 Å². The van der Waals surface area contributed by atoms with Crippen LogP contribution in [0, 0.1) is 10.1 Å². The Bertz CT molecular complexity index is 1240. The lowest BCUT2D eigenvalue weighted by Crippen LogP contribution is -2.02. The normalized spacial score (nSPS) is 11.3. The van der Waals surface area contributed by atoms with Crippen LogP contribution in [0.3, 0.4) is 0 Å². The van der Waals surface area contributed by atoms with Crippen molar-refractivity contribution >= 4 is 33.1 Å². The molecule has 0 aliphatic heterocycles. The van der Waals surface area contributed by atoms with Gasteiger partial charge in [-0.05, 0) is 17.7 Å². The number of benzene rings is 2. The number of azo groups is 1. The number of fused-ring (bicyclic) bond motifs is 1. The van der Waals surface area contributed by atoms with Crippen LogP contribution in [0.1, 0.15) is 5.56 Å². The van der Waals surface area contributed by atoms with Crippen molar-refractivity contribution in [2.75, 3.05) is 0 Å². The van der Waals surface area contributed by atoms with E-state index in [0.29, 0.717) is 22.0 Å². The first kappa shape index (κ1) is 17.7. The first-order valence-electron chi connectivity index (χ1n) is 8.20. The third-order valence-corrected chi connectivity index (χ3v) is 4.69. The summed E-state index contributed by atoms with van der Waals surface area (Å²) in [6.45, 7) is 0.269. The maximum absolute atomic E-state index is 12.2. The van der Waals surface area contributed by atoms with E-state index >= 15 is 0 Å². The molecule has 0 amide bonds. The summed E-state index contributed by atoms with van der Waals surface area (Å²) in [5.74, 6) is 0. The Morgan fingerprint density at radius 2 is 1.93 bits per heavy atom. The Morgan fingerprint density at radius 1 is 1.14 bits per heavy atom. The molecular weight excluding hydrogens is 380 g/mol. The minimum Gasteiger partial charge on any atom is -0.422 e. The van der Waals surface area contributed by atoms with Gasteiger partial charge in [-0.1, -0.05) is 30.3 Å².